The number of hydrogen-bond donors (Lipinski definition) is 1. The number of hydrogen-bond acceptors (Lipinski definition) is 5. The SMILES string of the molecule is COc1ccc(CCN=C2C=C[NH+]=C3C2C(=O)N(C)C(=O)N3C)cc1OC. The van der Waals surface area contributed by atoms with Gasteiger partial charge in [-0.05, 0) is 30.2 Å². The van der Waals surface area contributed by atoms with Gasteiger partial charge in [0.1, 0.15) is 0 Å². The van der Waals surface area contributed by atoms with Crippen molar-refractivity contribution in [2.45, 2.75) is 6.42 Å². The first-order chi connectivity index (χ1) is 13.0. The second-order valence-corrected chi connectivity index (χ2v) is 6.28. The van der Waals surface area contributed by atoms with Crippen LogP contribution >= 0.6 is 0 Å². The van der Waals surface area contributed by atoms with Crippen LogP contribution < -0.4 is 14.5 Å². The van der Waals surface area contributed by atoms with Gasteiger partial charge in [-0.2, -0.15) is 4.90 Å². The molecule has 142 valence electrons. The number of nitrogens with one attached hydrogen (secondary N) is 1. The third-order valence-corrected chi connectivity index (χ3v) is 4.71. The second kappa shape index (κ2) is 7.61. The number of amides is 3. The maximum atomic E-state index is 12.6. The van der Waals surface area contributed by atoms with Gasteiger partial charge in [0.05, 0.1) is 33.2 Å². The Hall–Kier alpha value is -3.16. The molecule has 1 atom stereocenters. The number of nitrogens with zero attached hydrogens (tertiary/aromatic N) is 3. The molecule has 0 spiro atoms. The molecule has 3 amide bonds. The quantitative estimate of drug-likeness (QED) is 0.779. The van der Waals surface area contributed by atoms with Crippen LogP contribution in [0.2, 0.25) is 0 Å². The normalized spacial score (nSPS) is 20.7. The molecule has 1 aromatic rings. The van der Waals surface area contributed by atoms with E-state index in [-0.39, 0.29) is 11.9 Å². The van der Waals surface area contributed by atoms with E-state index in [9.17, 15) is 9.59 Å². The first-order valence-corrected chi connectivity index (χ1v) is 8.58. The fourth-order valence-corrected chi connectivity index (χ4v) is 3.18. The number of rotatable bonds is 5. The number of ether oxygens (including phenoxy) is 2. The number of allylic oxidation sites excluding steroid dienone is 1. The number of benzene rings is 1. The molecule has 0 aromatic heterocycles. The molecule has 3 rings (SSSR count). The van der Waals surface area contributed by atoms with E-state index in [1.54, 1.807) is 33.5 Å². The van der Waals surface area contributed by atoms with E-state index < -0.39 is 5.92 Å². The Labute approximate surface area is 157 Å². The molecule has 1 saturated heterocycles. The van der Waals surface area contributed by atoms with Gasteiger partial charge in [-0.15, -0.1) is 0 Å². The first kappa shape index (κ1) is 18.6. The number of urea groups is 1. The molecule has 8 heteroatoms. The molecule has 2 aliphatic rings. The Balaban J connectivity index is 1.76. The maximum Gasteiger partial charge on any atom is 0.417 e. The second-order valence-electron chi connectivity index (χ2n) is 6.28. The molecule has 0 aliphatic carbocycles. The van der Waals surface area contributed by atoms with E-state index in [2.05, 4.69) is 9.98 Å². The fourth-order valence-electron chi connectivity index (χ4n) is 3.18. The Bertz CT molecular complexity index is 859. The molecule has 1 N–H and O–H groups in total. The monoisotopic (exact) mass is 371 g/mol. The molecule has 1 fully saturated rings. The van der Waals surface area contributed by atoms with Crippen molar-refractivity contribution in [2.24, 2.45) is 10.9 Å². The van der Waals surface area contributed by atoms with Crippen molar-refractivity contribution in [3.8, 4) is 11.5 Å². The van der Waals surface area contributed by atoms with Crippen LogP contribution in [0.15, 0.2) is 35.5 Å². The third-order valence-electron chi connectivity index (χ3n) is 4.71. The smallest absolute Gasteiger partial charge is 0.417 e. The van der Waals surface area contributed by atoms with E-state index >= 15 is 0 Å². The molecule has 8 nitrogen and oxygen atoms in total. The number of imide groups is 1. The summed E-state index contributed by atoms with van der Waals surface area (Å²) < 4.78 is 10.6. The average molecular weight is 371 g/mol. The molecular weight excluding hydrogens is 348 g/mol. The van der Waals surface area contributed by atoms with Gasteiger partial charge in [-0.3, -0.25) is 9.79 Å². The summed E-state index contributed by atoms with van der Waals surface area (Å²) in [6, 6.07) is 5.38. The Kier molecular flexibility index (Phi) is 5.25. The van der Waals surface area contributed by atoms with Crippen molar-refractivity contribution in [3.05, 3.63) is 36.0 Å². The molecule has 1 aromatic carbocycles. The van der Waals surface area contributed by atoms with Gasteiger partial charge in [0.2, 0.25) is 0 Å². The van der Waals surface area contributed by atoms with Crippen molar-refractivity contribution in [1.82, 2.24) is 9.80 Å². The number of carbonyl (C=O) groups is 2. The van der Waals surface area contributed by atoms with Crippen LogP contribution in [-0.4, -0.2) is 68.1 Å². The summed E-state index contributed by atoms with van der Waals surface area (Å²) in [7, 11) is 6.32. The van der Waals surface area contributed by atoms with Gasteiger partial charge < -0.3 is 9.47 Å². The molecule has 1 unspecified atom stereocenters. The molecule has 0 bridgehead atoms. The highest BCUT2D eigenvalue weighted by Crippen LogP contribution is 2.27. The number of methoxy groups -OCH3 is 2. The first-order valence-electron chi connectivity index (χ1n) is 8.58. The third kappa shape index (κ3) is 3.42. The summed E-state index contributed by atoms with van der Waals surface area (Å²) in [5.41, 5.74) is 1.69. The van der Waals surface area contributed by atoms with E-state index in [0.29, 0.717) is 36.0 Å². The van der Waals surface area contributed by atoms with Gasteiger partial charge >= 0.3 is 6.03 Å². The zero-order valence-electron chi connectivity index (χ0n) is 15.9. The minimum atomic E-state index is -0.590. The van der Waals surface area contributed by atoms with Crippen molar-refractivity contribution in [3.63, 3.8) is 0 Å². The number of fused-ring (bicyclic) bond motifs is 1. The van der Waals surface area contributed by atoms with Crippen LogP contribution in [0, 0.1) is 5.92 Å². The fraction of sp³-hybridized carbons (Fsp3) is 0.368. The summed E-state index contributed by atoms with van der Waals surface area (Å²) in [5, 5.41) is 0. The largest absolute Gasteiger partial charge is 0.493 e. The van der Waals surface area contributed by atoms with Crippen molar-refractivity contribution < 1.29 is 24.1 Å². The van der Waals surface area contributed by atoms with Crippen LogP contribution in [0.5, 0.6) is 11.5 Å². The molecular formula is C19H23N4O4+. The standard InChI is InChI=1S/C19H22N4O4/c1-22-17-16(18(24)23(2)19(22)25)13(8-10-21-17)20-9-7-12-5-6-14(26-3)15(11-12)27-4/h5-6,8,10-11,16H,7,9H2,1-4H3/p+1. The van der Waals surface area contributed by atoms with Crippen LogP contribution in [0.1, 0.15) is 5.56 Å². The summed E-state index contributed by atoms with van der Waals surface area (Å²) in [6.45, 7) is 0.508. The summed E-state index contributed by atoms with van der Waals surface area (Å²) in [5.74, 6) is 1.01. The van der Waals surface area contributed by atoms with Crippen molar-refractivity contribution >= 4 is 23.5 Å². The Morgan fingerprint density at radius 2 is 1.85 bits per heavy atom. The van der Waals surface area contributed by atoms with Crippen molar-refractivity contribution in [1.29, 1.82) is 0 Å². The van der Waals surface area contributed by atoms with Crippen LogP contribution in [0.4, 0.5) is 4.79 Å². The lowest BCUT2D eigenvalue weighted by atomic mass is 9.95. The van der Waals surface area contributed by atoms with E-state index in [4.69, 9.17) is 9.47 Å². The highest BCUT2D eigenvalue weighted by Gasteiger charge is 2.49. The minimum Gasteiger partial charge on any atom is -0.493 e. The van der Waals surface area contributed by atoms with Gasteiger partial charge in [-0.1, -0.05) is 6.07 Å². The lowest BCUT2D eigenvalue weighted by Crippen LogP contribution is -2.79. The Morgan fingerprint density at radius 3 is 2.56 bits per heavy atom. The topological polar surface area (TPSA) is 85.4 Å². The molecule has 2 aliphatic heterocycles. The van der Waals surface area contributed by atoms with Crippen LogP contribution in [-0.2, 0) is 11.2 Å². The highest BCUT2D eigenvalue weighted by atomic mass is 16.5. The predicted octanol–water partition coefficient (Wildman–Crippen LogP) is -0.166. The van der Waals surface area contributed by atoms with Gasteiger partial charge in [0.25, 0.3) is 11.7 Å². The highest BCUT2D eigenvalue weighted by molar-refractivity contribution is 6.30. The lowest BCUT2D eigenvalue weighted by Gasteiger charge is -2.31. The van der Waals surface area contributed by atoms with Crippen molar-refractivity contribution in [2.75, 3.05) is 34.9 Å². The minimum absolute atomic E-state index is 0.283. The van der Waals surface area contributed by atoms with E-state index in [1.807, 2.05) is 18.2 Å². The summed E-state index contributed by atoms with van der Waals surface area (Å²) >= 11 is 0. The zero-order valence-corrected chi connectivity index (χ0v) is 15.9. The van der Waals surface area contributed by atoms with Crippen LogP contribution in [0.25, 0.3) is 0 Å². The van der Waals surface area contributed by atoms with E-state index in [0.717, 1.165) is 10.5 Å². The van der Waals surface area contributed by atoms with Crippen LogP contribution in [0.3, 0.4) is 0 Å². The van der Waals surface area contributed by atoms with E-state index in [1.165, 1.54) is 11.9 Å². The maximum absolute atomic E-state index is 12.6. The molecule has 2 heterocycles. The number of amidine groups is 1. The zero-order chi connectivity index (χ0) is 19.6. The van der Waals surface area contributed by atoms with Gasteiger partial charge in [0.15, 0.2) is 17.4 Å². The van der Waals surface area contributed by atoms with Gasteiger partial charge in [-0.25, -0.2) is 14.7 Å². The lowest BCUT2D eigenvalue weighted by molar-refractivity contribution is -0.382. The molecule has 0 saturated carbocycles. The summed E-state index contributed by atoms with van der Waals surface area (Å²) in [4.78, 5) is 34.9. The number of aliphatic imine (C=N–C) groups is 1. The van der Waals surface area contributed by atoms with Gasteiger partial charge in [0, 0.05) is 13.6 Å². The molecule has 27 heavy (non-hydrogen) atoms. The molecule has 0 radical (unpaired) electrons. The predicted molar refractivity (Wildman–Crippen MR) is 100 cm³/mol. The average Bonchev–Trinajstić information content (AvgIpc) is 2.70. The number of carbonyl (C=O) groups excluding carboxylic acids is 2. The Morgan fingerprint density at radius 1 is 1.11 bits per heavy atom. The summed E-state index contributed by atoms with van der Waals surface area (Å²) in [6.07, 6.45) is 4.16.